The largest absolute Gasteiger partial charge is 0.439 e. The molecule has 2 N–H and O–H groups in total. The van der Waals surface area contributed by atoms with Crippen LogP contribution in [0.15, 0.2) is 89.4 Å². The Labute approximate surface area is 253 Å². The molecule has 3 aromatic carbocycles. The number of halogens is 2. The number of rotatable bonds is 4. The van der Waals surface area contributed by atoms with Gasteiger partial charge in [0.1, 0.15) is 28.9 Å². The second-order valence-corrected chi connectivity index (χ2v) is 11.9. The molecule has 1 aromatic heterocycles. The monoisotopic (exact) mass is 587 g/mol. The molecule has 0 spiro atoms. The van der Waals surface area contributed by atoms with E-state index in [1.54, 1.807) is 24.3 Å². The Balaban J connectivity index is 1.65. The lowest BCUT2D eigenvalue weighted by Gasteiger charge is -2.43. The predicted octanol–water partition coefficient (Wildman–Crippen LogP) is 7.43. The number of carbonyl (C=O) groups is 1. The first kappa shape index (κ1) is 28.6. The number of aryl methyl sites for hydroxylation is 1. The Morgan fingerprint density at radius 3 is 2.36 bits per heavy atom. The number of ether oxygens (including phenoxy) is 1. The molecule has 2 aliphatic rings. The molecule has 0 saturated heterocycles. The van der Waals surface area contributed by atoms with Crippen molar-refractivity contribution in [2.24, 2.45) is 11.1 Å². The Hall–Kier alpha value is -5.54. The lowest BCUT2D eigenvalue weighted by atomic mass is 9.68. The molecule has 1 aliphatic carbocycles. The fourth-order valence-corrected chi connectivity index (χ4v) is 6.07. The van der Waals surface area contributed by atoms with E-state index in [2.05, 4.69) is 12.1 Å². The Morgan fingerprint density at radius 2 is 1.70 bits per heavy atom. The molecule has 2 heterocycles. The number of Topliss-reactive ketones (excluding diaryl/α,β-unsaturated/α-hetero) is 1. The summed E-state index contributed by atoms with van der Waals surface area (Å²) in [4.78, 5) is 20.0. The van der Waals surface area contributed by atoms with Gasteiger partial charge in [0.2, 0.25) is 5.88 Å². The molecule has 0 fully saturated rings. The molecule has 0 amide bonds. The molecule has 1 aliphatic heterocycles. The number of benzene rings is 3. The number of pyridine rings is 1. The molecule has 7 nitrogen and oxygen atoms in total. The van der Waals surface area contributed by atoms with Gasteiger partial charge in [-0.3, -0.25) is 9.69 Å². The number of anilines is 1. The second kappa shape index (κ2) is 10.6. The number of allylic oxidation sites excluding steroid dienone is 3. The summed E-state index contributed by atoms with van der Waals surface area (Å²) < 4.78 is 36.8. The number of aromatic nitrogens is 1. The molecule has 6 rings (SSSR count). The van der Waals surface area contributed by atoms with Crippen LogP contribution in [0.2, 0.25) is 0 Å². The van der Waals surface area contributed by atoms with Crippen LogP contribution in [0.3, 0.4) is 0 Å². The molecular formula is C35H27F2N5O2. The van der Waals surface area contributed by atoms with Gasteiger partial charge in [0, 0.05) is 28.6 Å². The SMILES string of the molecule is Cc1ccc2nc(Oc3ccc(C#N)cc3)c(C3C(C#N)=C(N)N(c4c(F)cccc4F)C4=C3C(=O)CC(C)(C)C4)cc2c1. The van der Waals surface area contributed by atoms with Crippen molar-refractivity contribution in [3.05, 3.63) is 118 Å². The van der Waals surface area contributed by atoms with Crippen LogP contribution in [0.25, 0.3) is 10.9 Å². The highest BCUT2D eigenvalue weighted by atomic mass is 19.1. The smallest absolute Gasteiger partial charge is 0.224 e. The van der Waals surface area contributed by atoms with Crippen molar-refractivity contribution >= 4 is 22.4 Å². The van der Waals surface area contributed by atoms with Crippen LogP contribution < -0.4 is 15.4 Å². The maximum Gasteiger partial charge on any atom is 0.224 e. The third kappa shape index (κ3) is 4.83. The third-order valence-corrected chi connectivity index (χ3v) is 8.01. The topological polar surface area (TPSA) is 116 Å². The van der Waals surface area contributed by atoms with Gasteiger partial charge in [0.25, 0.3) is 0 Å². The first-order valence-corrected chi connectivity index (χ1v) is 14.0. The Morgan fingerprint density at radius 1 is 1.00 bits per heavy atom. The highest BCUT2D eigenvalue weighted by molar-refractivity contribution is 6.02. The van der Waals surface area contributed by atoms with Crippen molar-refractivity contribution in [1.82, 2.24) is 4.98 Å². The van der Waals surface area contributed by atoms with Crippen molar-refractivity contribution in [3.63, 3.8) is 0 Å². The van der Waals surface area contributed by atoms with E-state index < -0.39 is 28.7 Å². The number of nitrogens with zero attached hydrogens (tertiary/aromatic N) is 4. The maximum atomic E-state index is 15.3. The molecule has 218 valence electrons. The summed E-state index contributed by atoms with van der Waals surface area (Å²) in [6, 6.07) is 21.6. The summed E-state index contributed by atoms with van der Waals surface area (Å²) in [6.07, 6.45) is 0.421. The van der Waals surface area contributed by atoms with Gasteiger partial charge in [-0.25, -0.2) is 13.8 Å². The minimum Gasteiger partial charge on any atom is -0.439 e. The van der Waals surface area contributed by atoms with Crippen molar-refractivity contribution < 1.29 is 18.3 Å². The molecule has 44 heavy (non-hydrogen) atoms. The fourth-order valence-electron chi connectivity index (χ4n) is 6.07. The quantitative estimate of drug-likeness (QED) is 0.264. The summed E-state index contributed by atoms with van der Waals surface area (Å²) in [7, 11) is 0. The molecular weight excluding hydrogens is 560 g/mol. The molecule has 1 atom stereocenters. The average molecular weight is 588 g/mol. The lowest BCUT2D eigenvalue weighted by molar-refractivity contribution is -0.118. The number of nitrogens with two attached hydrogens (primary N) is 1. The normalized spacial score (nSPS) is 17.8. The van der Waals surface area contributed by atoms with Crippen molar-refractivity contribution in [1.29, 1.82) is 10.5 Å². The number of para-hydroxylation sites is 1. The van der Waals surface area contributed by atoms with Gasteiger partial charge in [-0.05, 0) is 73.4 Å². The molecule has 0 saturated carbocycles. The number of hydrogen-bond acceptors (Lipinski definition) is 7. The Bertz CT molecular complexity index is 2000. The highest BCUT2D eigenvalue weighted by Gasteiger charge is 2.46. The van der Waals surface area contributed by atoms with Crippen LogP contribution in [0, 0.1) is 46.6 Å². The number of hydrogen-bond donors (Lipinski definition) is 1. The summed E-state index contributed by atoms with van der Waals surface area (Å²) >= 11 is 0. The number of fused-ring (bicyclic) bond motifs is 1. The predicted molar refractivity (Wildman–Crippen MR) is 161 cm³/mol. The van der Waals surface area contributed by atoms with Crippen molar-refractivity contribution in [2.45, 2.75) is 39.5 Å². The molecule has 9 heteroatoms. The second-order valence-electron chi connectivity index (χ2n) is 11.9. The summed E-state index contributed by atoms with van der Waals surface area (Å²) in [5, 5.41) is 20.5. The molecule has 4 aromatic rings. The average Bonchev–Trinajstić information content (AvgIpc) is 2.97. The molecule has 1 unspecified atom stereocenters. The van der Waals surface area contributed by atoms with E-state index in [1.807, 2.05) is 45.0 Å². The van der Waals surface area contributed by atoms with Gasteiger partial charge in [0.05, 0.1) is 34.7 Å². The minimum atomic E-state index is -1.02. The van der Waals surface area contributed by atoms with E-state index in [0.717, 1.165) is 23.1 Å². The zero-order valence-electron chi connectivity index (χ0n) is 24.3. The minimum absolute atomic E-state index is 0.0575. The standard InChI is InChI=1S/C35H27F2N5O2/c1-19-7-12-27-21(13-19)14-23(34(41-27)44-22-10-8-20(17-38)9-11-22)30-24(18-39)33(40)42(32-25(36)5-4-6-26(32)37)28-15-35(2,3)16-29(43)31(28)30/h4-14,30H,15-16,40H2,1-3H3. The van der Waals surface area contributed by atoms with Gasteiger partial charge in [-0.2, -0.15) is 10.5 Å². The first-order valence-electron chi connectivity index (χ1n) is 14.0. The van der Waals surface area contributed by atoms with Gasteiger partial charge in [-0.1, -0.05) is 31.5 Å². The zero-order valence-corrected chi connectivity index (χ0v) is 24.3. The van der Waals surface area contributed by atoms with E-state index in [1.165, 1.54) is 11.0 Å². The molecule has 0 radical (unpaired) electrons. The van der Waals surface area contributed by atoms with E-state index in [4.69, 9.17) is 15.5 Å². The van der Waals surface area contributed by atoms with Gasteiger partial charge < -0.3 is 10.5 Å². The van der Waals surface area contributed by atoms with E-state index in [-0.39, 0.29) is 41.5 Å². The van der Waals surface area contributed by atoms with E-state index in [0.29, 0.717) is 28.1 Å². The highest BCUT2D eigenvalue weighted by Crippen LogP contribution is 2.52. The van der Waals surface area contributed by atoms with Gasteiger partial charge >= 0.3 is 0 Å². The van der Waals surface area contributed by atoms with Gasteiger partial charge in [0.15, 0.2) is 5.78 Å². The fraction of sp³-hybridized carbons (Fsp3) is 0.200. The number of nitriles is 2. The van der Waals surface area contributed by atoms with Crippen molar-refractivity contribution in [2.75, 3.05) is 4.90 Å². The number of ketones is 1. The summed E-state index contributed by atoms with van der Waals surface area (Å²) in [5.74, 6) is -2.70. The number of carbonyl (C=O) groups excluding carboxylic acids is 1. The summed E-state index contributed by atoms with van der Waals surface area (Å²) in [5.41, 5.74) is 8.59. The van der Waals surface area contributed by atoms with Crippen molar-refractivity contribution in [3.8, 4) is 23.8 Å². The van der Waals surface area contributed by atoms with Crippen LogP contribution in [0.5, 0.6) is 11.6 Å². The van der Waals surface area contributed by atoms with Gasteiger partial charge in [-0.15, -0.1) is 0 Å². The lowest BCUT2D eigenvalue weighted by Crippen LogP contribution is -2.42. The van der Waals surface area contributed by atoms with Crippen LogP contribution in [-0.2, 0) is 4.79 Å². The van der Waals surface area contributed by atoms with Crippen LogP contribution in [0.4, 0.5) is 14.5 Å². The van der Waals surface area contributed by atoms with Crippen LogP contribution >= 0.6 is 0 Å². The first-order chi connectivity index (χ1) is 21.0. The summed E-state index contributed by atoms with van der Waals surface area (Å²) in [6.45, 7) is 5.74. The van der Waals surface area contributed by atoms with E-state index in [9.17, 15) is 15.3 Å². The maximum absolute atomic E-state index is 15.3. The van der Waals surface area contributed by atoms with Crippen LogP contribution in [-0.4, -0.2) is 10.8 Å². The Kier molecular flexibility index (Phi) is 6.90. The molecule has 0 bridgehead atoms. The zero-order chi connectivity index (χ0) is 31.3. The van der Waals surface area contributed by atoms with E-state index >= 15 is 8.78 Å². The van der Waals surface area contributed by atoms with Crippen LogP contribution in [0.1, 0.15) is 49.3 Å². The third-order valence-electron chi connectivity index (χ3n) is 8.01.